The Balaban J connectivity index is 2.11. The fourth-order valence-electron chi connectivity index (χ4n) is 1.24. The van der Waals surface area contributed by atoms with Crippen LogP contribution in [0.2, 0.25) is 0 Å². The number of hydrogen-bond acceptors (Lipinski definition) is 5. The van der Waals surface area contributed by atoms with Crippen LogP contribution in [0, 0.1) is 0 Å². The van der Waals surface area contributed by atoms with Gasteiger partial charge in [-0.15, -0.1) is 11.3 Å². The molecule has 2 aromatic rings. The average molecular weight is 268 g/mol. The van der Waals surface area contributed by atoms with E-state index in [1.165, 1.54) is 11.3 Å². The van der Waals surface area contributed by atoms with Crippen molar-refractivity contribution >= 4 is 28.6 Å². The molecule has 1 amide bonds. The number of carbonyl (C=O) groups is 1. The van der Waals surface area contributed by atoms with Crippen LogP contribution in [0.1, 0.15) is 17.4 Å². The van der Waals surface area contributed by atoms with E-state index in [1.807, 2.05) is 16.8 Å². The lowest BCUT2D eigenvalue weighted by Crippen LogP contribution is -2.35. The van der Waals surface area contributed by atoms with E-state index in [0.29, 0.717) is 5.69 Å². The van der Waals surface area contributed by atoms with Crippen molar-refractivity contribution in [1.82, 2.24) is 10.3 Å². The first kappa shape index (κ1) is 12.2. The van der Waals surface area contributed by atoms with E-state index in [0.717, 1.165) is 10.6 Å². The minimum atomic E-state index is -0.256. The Labute approximate surface area is 107 Å². The number of carbonyl (C=O) groups excluding carboxylic acids is 1. The molecule has 1 unspecified atom stereocenters. The molecule has 1 atom stereocenters. The number of aliphatic hydroxyl groups excluding tert-OH is 1. The van der Waals surface area contributed by atoms with Crippen LogP contribution in [0.5, 0.6) is 0 Å². The largest absolute Gasteiger partial charge is 0.394 e. The lowest BCUT2D eigenvalue weighted by Gasteiger charge is -2.08. The third-order valence-corrected chi connectivity index (χ3v) is 3.73. The van der Waals surface area contributed by atoms with Gasteiger partial charge in [0.25, 0.3) is 5.91 Å². The number of hydrogen-bond donors (Lipinski definition) is 2. The molecule has 17 heavy (non-hydrogen) atoms. The zero-order valence-electron chi connectivity index (χ0n) is 9.21. The van der Waals surface area contributed by atoms with Crippen molar-refractivity contribution in [3.05, 3.63) is 27.9 Å². The third-order valence-electron chi connectivity index (χ3n) is 2.16. The lowest BCUT2D eigenvalue weighted by molar-refractivity contribution is 0.0918. The molecule has 0 aliphatic heterocycles. The zero-order chi connectivity index (χ0) is 12.3. The van der Waals surface area contributed by atoms with Crippen molar-refractivity contribution < 1.29 is 9.90 Å². The summed E-state index contributed by atoms with van der Waals surface area (Å²) in [5.41, 5.74) is 1.44. The summed E-state index contributed by atoms with van der Waals surface area (Å²) in [4.78, 5) is 16.0. The monoisotopic (exact) mass is 268 g/mol. The van der Waals surface area contributed by atoms with Gasteiger partial charge >= 0.3 is 0 Å². The summed E-state index contributed by atoms with van der Waals surface area (Å²) < 4.78 is 0. The SMILES string of the molecule is CC(CO)NC(=O)c1csc(-c2ccsc2)n1. The maximum Gasteiger partial charge on any atom is 0.271 e. The maximum absolute atomic E-state index is 11.7. The Morgan fingerprint density at radius 3 is 3.06 bits per heavy atom. The topological polar surface area (TPSA) is 62.2 Å². The van der Waals surface area contributed by atoms with Crippen LogP contribution in [0.4, 0.5) is 0 Å². The molecule has 4 nitrogen and oxygen atoms in total. The molecule has 90 valence electrons. The first-order chi connectivity index (χ1) is 8.20. The predicted molar refractivity (Wildman–Crippen MR) is 69.4 cm³/mol. The van der Waals surface area contributed by atoms with Gasteiger partial charge in [-0.3, -0.25) is 4.79 Å². The third kappa shape index (κ3) is 2.91. The van der Waals surface area contributed by atoms with Crippen molar-refractivity contribution in [1.29, 1.82) is 0 Å². The molecule has 0 aromatic carbocycles. The van der Waals surface area contributed by atoms with E-state index in [2.05, 4.69) is 10.3 Å². The molecular formula is C11H12N2O2S2. The van der Waals surface area contributed by atoms with E-state index in [-0.39, 0.29) is 18.6 Å². The lowest BCUT2D eigenvalue weighted by atomic mass is 10.3. The summed E-state index contributed by atoms with van der Waals surface area (Å²) in [6.07, 6.45) is 0. The minimum absolute atomic E-state index is 0.0761. The van der Waals surface area contributed by atoms with Crippen LogP contribution < -0.4 is 5.32 Å². The highest BCUT2D eigenvalue weighted by molar-refractivity contribution is 7.14. The highest BCUT2D eigenvalue weighted by Crippen LogP contribution is 2.25. The summed E-state index contributed by atoms with van der Waals surface area (Å²) in [5.74, 6) is -0.246. The van der Waals surface area contributed by atoms with Gasteiger partial charge in [0.05, 0.1) is 6.61 Å². The highest BCUT2D eigenvalue weighted by Gasteiger charge is 2.13. The molecule has 0 saturated heterocycles. The number of thiazole rings is 1. The van der Waals surface area contributed by atoms with Crippen molar-refractivity contribution in [3.63, 3.8) is 0 Å². The van der Waals surface area contributed by atoms with Crippen LogP contribution in [0.3, 0.4) is 0 Å². The normalized spacial score (nSPS) is 12.4. The van der Waals surface area contributed by atoms with E-state index in [9.17, 15) is 4.79 Å². The quantitative estimate of drug-likeness (QED) is 0.891. The standard InChI is InChI=1S/C11H12N2O2S2/c1-7(4-14)12-10(15)9-6-17-11(13-9)8-2-3-16-5-8/h2-3,5-7,14H,4H2,1H3,(H,12,15). The molecule has 0 saturated carbocycles. The second-order valence-corrected chi connectivity index (χ2v) is 5.25. The number of aliphatic hydroxyl groups is 1. The fraction of sp³-hybridized carbons (Fsp3) is 0.273. The molecule has 2 aromatic heterocycles. The van der Waals surface area contributed by atoms with Crippen LogP contribution in [0.25, 0.3) is 10.6 Å². The van der Waals surface area contributed by atoms with Gasteiger partial charge in [0, 0.05) is 22.4 Å². The van der Waals surface area contributed by atoms with Crippen molar-refractivity contribution in [2.24, 2.45) is 0 Å². The van der Waals surface area contributed by atoms with Gasteiger partial charge in [-0.2, -0.15) is 11.3 Å². The van der Waals surface area contributed by atoms with Crippen LogP contribution in [-0.2, 0) is 0 Å². The number of rotatable bonds is 4. The second-order valence-electron chi connectivity index (χ2n) is 3.61. The number of aromatic nitrogens is 1. The van der Waals surface area contributed by atoms with E-state index >= 15 is 0 Å². The van der Waals surface area contributed by atoms with Gasteiger partial charge in [-0.25, -0.2) is 4.98 Å². The molecule has 0 spiro atoms. The maximum atomic E-state index is 11.7. The Kier molecular flexibility index (Phi) is 3.88. The molecule has 0 fully saturated rings. The van der Waals surface area contributed by atoms with Crippen LogP contribution >= 0.6 is 22.7 Å². The average Bonchev–Trinajstić information content (AvgIpc) is 2.98. The number of nitrogens with one attached hydrogen (secondary N) is 1. The summed E-state index contributed by atoms with van der Waals surface area (Å²) in [6.45, 7) is 1.66. The summed E-state index contributed by atoms with van der Waals surface area (Å²) in [7, 11) is 0. The minimum Gasteiger partial charge on any atom is -0.394 e. The van der Waals surface area contributed by atoms with Crippen LogP contribution in [-0.4, -0.2) is 28.6 Å². The Morgan fingerprint density at radius 1 is 1.59 bits per heavy atom. The fourth-order valence-corrected chi connectivity index (χ4v) is 2.75. The molecule has 0 aliphatic carbocycles. The highest BCUT2D eigenvalue weighted by atomic mass is 32.1. The van der Waals surface area contributed by atoms with E-state index < -0.39 is 0 Å². The molecule has 2 rings (SSSR count). The Hall–Kier alpha value is -1.24. The smallest absolute Gasteiger partial charge is 0.271 e. The van der Waals surface area contributed by atoms with Crippen LogP contribution in [0.15, 0.2) is 22.2 Å². The van der Waals surface area contributed by atoms with Crippen molar-refractivity contribution in [2.45, 2.75) is 13.0 Å². The second kappa shape index (κ2) is 5.39. The molecule has 6 heteroatoms. The van der Waals surface area contributed by atoms with Gasteiger partial charge in [0.2, 0.25) is 0 Å². The summed E-state index contributed by atoms with van der Waals surface area (Å²) in [6, 6.07) is 1.72. The van der Waals surface area contributed by atoms with Gasteiger partial charge in [-0.05, 0) is 18.4 Å². The Morgan fingerprint density at radius 2 is 2.41 bits per heavy atom. The van der Waals surface area contributed by atoms with E-state index in [4.69, 9.17) is 5.11 Å². The van der Waals surface area contributed by atoms with Gasteiger partial charge in [-0.1, -0.05) is 0 Å². The molecular weight excluding hydrogens is 256 g/mol. The summed E-state index contributed by atoms with van der Waals surface area (Å²) in [5, 5.41) is 18.1. The molecule has 0 aliphatic rings. The summed E-state index contributed by atoms with van der Waals surface area (Å²) >= 11 is 3.04. The van der Waals surface area contributed by atoms with Gasteiger partial charge in [0.1, 0.15) is 10.7 Å². The number of nitrogens with zero attached hydrogens (tertiary/aromatic N) is 1. The first-order valence-corrected chi connectivity index (χ1v) is 6.92. The number of thiophene rings is 1. The molecule has 0 radical (unpaired) electrons. The van der Waals surface area contributed by atoms with Crippen molar-refractivity contribution in [3.8, 4) is 10.6 Å². The van der Waals surface area contributed by atoms with Crippen molar-refractivity contribution in [2.75, 3.05) is 6.61 Å². The van der Waals surface area contributed by atoms with E-state index in [1.54, 1.807) is 23.6 Å². The molecule has 2 N–H and O–H groups in total. The van der Waals surface area contributed by atoms with Gasteiger partial charge in [0.15, 0.2) is 0 Å². The molecule has 2 heterocycles. The number of amides is 1. The predicted octanol–water partition coefficient (Wildman–Crippen LogP) is 1.98. The zero-order valence-corrected chi connectivity index (χ0v) is 10.8. The first-order valence-electron chi connectivity index (χ1n) is 5.10. The molecule has 0 bridgehead atoms. The Bertz CT molecular complexity index is 493. The van der Waals surface area contributed by atoms with Gasteiger partial charge < -0.3 is 10.4 Å².